The Morgan fingerprint density at radius 3 is 2.71 bits per heavy atom. The highest BCUT2D eigenvalue weighted by molar-refractivity contribution is 7.92. The van der Waals surface area contributed by atoms with Gasteiger partial charge < -0.3 is 4.57 Å². The van der Waals surface area contributed by atoms with Crippen molar-refractivity contribution >= 4 is 38.3 Å². The normalized spacial score (nSPS) is 14.1. The molecule has 0 unspecified atom stereocenters. The highest BCUT2D eigenvalue weighted by Gasteiger charge is 2.23. The molecule has 1 aliphatic carbocycles. The molecule has 0 radical (unpaired) electrons. The number of fused-ring (bicyclic) bond motifs is 1. The van der Waals surface area contributed by atoms with Gasteiger partial charge in [-0.05, 0) is 67.1 Å². The second kappa shape index (κ2) is 7.66. The molecule has 31 heavy (non-hydrogen) atoms. The van der Waals surface area contributed by atoms with Crippen molar-refractivity contribution in [2.75, 3.05) is 4.72 Å². The highest BCUT2D eigenvalue weighted by atomic mass is 35.5. The van der Waals surface area contributed by atoms with Crippen LogP contribution in [0.1, 0.15) is 18.5 Å². The third-order valence-corrected chi connectivity index (χ3v) is 7.13. The maximum Gasteiger partial charge on any atom is 0.261 e. The number of hydrogen-bond acceptors (Lipinski definition) is 4. The van der Waals surface area contributed by atoms with Gasteiger partial charge in [0.2, 0.25) is 0 Å². The smallest absolute Gasteiger partial charge is 0.261 e. The minimum atomic E-state index is -3.82. The molecule has 1 fully saturated rings. The second-order valence-electron chi connectivity index (χ2n) is 7.96. The summed E-state index contributed by atoms with van der Waals surface area (Å²) >= 11 is 6.00. The second-order valence-corrected chi connectivity index (χ2v) is 10.1. The fraction of sp³-hybridized carbons (Fsp3) is 0.217. The molecule has 158 valence electrons. The van der Waals surface area contributed by atoms with E-state index in [1.807, 2.05) is 30.1 Å². The number of aromatic nitrogens is 3. The fourth-order valence-corrected chi connectivity index (χ4v) is 5.19. The van der Waals surface area contributed by atoms with E-state index in [1.165, 1.54) is 25.0 Å². The number of nitrogens with one attached hydrogen (secondary N) is 1. The number of pyridine rings is 2. The average molecular weight is 453 g/mol. The topological polar surface area (TPSA) is 76.9 Å². The molecular formula is C23H21ClN4O2S. The molecule has 8 heteroatoms. The number of halogens is 1. The third-order valence-electron chi connectivity index (χ3n) is 5.53. The van der Waals surface area contributed by atoms with Gasteiger partial charge in [-0.3, -0.25) is 9.71 Å². The number of benzene rings is 1. The van der Waals surface area contributed by atoms with Crippen LogP contribution in [-0.2, 0) is 23.5 Å². The molecule has 0 spiro atoms. The standard InChI is InChI=1S/C23H21ClN4O2S/c1-28-14-20(16-7-9-25-18(12-16)11-15-5-6-15)22-21(8-10-26-23(22)28)27-31(29,30)19-4-2-3-17(24)13-19/h2-4,7-10,12-15H,5-6,11H2,1H3,(H,26,27). The fourth-order valence-electron chi connectivity index (χ4n) is 3.82. The van der Waals surface area contributed by atoms with E-state index in [4.69, 9.17) is 11.6 Å². The highest BCUT2D eigenvalue weighted by Crippen LogP contribution is 2.37. The van der Waals surface area contributed by atoms with Gasteiger partial charge in [0.1, 0.15) is 5.65 Å². The Kier molecular flexibility index (Phi) is 4.95. The number of nitrogens with zero attached hydrogens (tertiary/aromatic N) is 3. The Labute approximate surface area is 186 Å². The van der Waals surface area contributed by atoms with Gasteiger partial charge in [-0.1, -0.05) is 17.7 Å². The summed E-state index contributed by atoms with van der Waals surface area (Å²) in [6.07, 6.45) is 8.90. The SMILES string of the molecule is Cn1cc(-c2ccnc(CC3CC3)c2)c2c(NS(=O)(=O)c3cccc(Cl)c3)ccnc21. The van der Waals surface area contributed by atoms with E-state index in [0.717, 1.165) is 34.5 Å². The van der Waals surface area contributed by atoms with Crippen LogP contribution in [0.4, 0.5) is 5.69 Å². The Morgan fingerprint density at radius 2 is 1.94 bits per heavy atom. The number of hydrogen-bond donors (Lipinski definition) is 1. The largest absolute Gasteiger partial charge is 0.335 e. The summed E-state index contributed by atoms with van der Waals surface area (Å²) in [7, 11) is -1.91. The molecule has 1 N–H and O–H groups in total. The lowest BCUT2D eigenvalue weighted by Crippen LogP contribution is -2.13. The molecule has 5 rings (SSSR count). The summed E-state index contributed by atoms with van der Waals surface area (Å²) < 4.78 is 30.7. The van der Waals surface area contributed by atoms with Gasteiger partial charge in [-0.25, -0.2) is 13.4 Å². The molecule has 1 saturated carbocycles. The zero-order valence-electron chi connectivity index (χ0n) is 16.9. The minimum Gasteiger partial charge on any atom is -0.335 e. The molecule has 3 heterocycles. The van der Waals surface area contributed by atoms with Crippen LogP contribution in [0.3, 0.4) is 0 Å². The molecule has 0 bridgehead atoms. The van der Waals surface area contributed by atoms with Crippen molar-refractivity contribution in [3.63, 3.8) is 0 Å². The van der Waals surface area contributed by atoms with E-state index in [9.17, 15) is 8.42 Å². The lowest BCUT2D eigenvalue weighted by Gasteiger charge is -2.11. The van der Waals surface area contributed by atoms with E-state index in [2.05, 4.69) is 20.8 Å². The van der Waals surface area contributed by atoms with Crippen LogP contribution < -0.4 is 4.72 Å². The van der Waals surface area contributed by atoms with Gasteiger partial charge in [-0.2, -0.15) is 0 Å². The number of anilines is 1. The van der Waals surface area contributed by atoms with Gasteiger partial charge >= 0.3 is 0 Å². The first-order valence-electron chi connectivity index (χ1n) is 10.1. The van der Waals surface area contributed by atoms with Crippen LogP contribution in [0.2, 0.25) is 5.02 Å². The summed E-state index contributed by atoms with van der Waals surface area (Å²) in [6.45, 7) is 0. The zero-order valence-corrected chi connectivity index (χ0v) is 18.5. The summed E-state index contributed by atoms with van der Waals surface area (Å²) in [4.78, 5) is 9.10. The van der Waals surface area contributed by atoms with E-state index in [1.54, 1.807) is 24.4 Å². The Morgan fingerprint density at radius 1 is 1.13 bits per heavy atom. The summed E-state index contributed by atoms with van der Waals surface area (Å²) in [5.74, 6) is 0.733. The molecule has 4 aromatic rings. The molecule has 1 aromatic carbocycles. The van der Waals surface area contributed by atoms with Crippen molar-refractivity contribution in [2.45, 2.75) is 24.2 Å². The first-order valence-corrected chi connectivity index (χ1v) is 11.9. The average Bonchev–Trinajstić information content (AvgIpc) is 3.49. The van der Waals surface area contributed by atoms with E-state index in [0.29, 0.717) is 16.4 Å². The molecule has 0 amide bonds. The Balaban J connectivity index is 1.60. The van der Waals surface area contributed by atoms with Crippen LogP contribution in [0, 0.1) is 5.92 Å². The van der Waals surface area contributed by atoms with Crippen molar-refractivity contribution in [3.8, 4) is 11.1 Å². The predicted molar refractivity (Wildman–Crippen MR) is 123 cm³/mol. The molecule has 0 aliphatic heterocycles. The van der Waals surface area contributed by atoms with E-state index in [-0.39, 0.29) is 4.90 Å². The Bertz CT molecular complexity index is 1390. The van der Waals surface area contributed by atoms with Crippen LogP contribution in [0.15, 0.2) is 66.0 Å². The van der Waals surface area contributed by atoms with E-state index >= 15 is 0 Å². The number of aryl methyl sites for hydroxylation is 1. The predicted octanol–water partition coefficient (Wildman–Crippen LogP) is 5.04. The van der Waals surface area contributed by atoms with Crippen molar-refractivity contribution in [2.24, 2.45) is 13.0 Å². The van der Waals surface area contributed by atoms with Crippen LogP contribution in [0.25, 0.3) is 22.2 Å². The van der Waals surface area contributed by atoms with Gasteiger partial charge in [0.05, 0.1) is 16.0 Å². The quantitative estimate of drug-likeness (QED) is 0.444. The van der Waals surface area contributed by atoms with Crippen molar-refractivity contribution < 1.29 is 8.42 Å². The van der Waals surface area contributed by atoms with Crippen LogP contribution >= 0.6 is 11.6 Å². The molecule has 0 atom stereocenters. The van der Waals surface area contributed by atoms with Gasteiger partial charge in [0, 0.05) is 41.9 Å². The first-order chi connectivity index (χ1) is 14.9. The molecule has 3 aromatic heterocycles. The van der Waals surface area contributed by atoms with Crippen molar-refractivity contribution in [1.82, 2.24) is 14.5 Å². The molecule has 6 nitrogen and oxygen atoms in total. The third kappa shape index (κ3) is 4.03. The van der Waals surface area contributed by atoms with Crippen molar-refractivity contribution in [3.05, 3.63) is 71.8 Å². The minimum absolute atomic E-state index is 0.109. The van der Waals surface area contributed by atoms with Gasteiger partial charge in [0.25, 0.3) is 10.0 Å². The van der Waals surface area contributed by atoms with Gasteiger partial charge in [0.15, 0.2) is 0 Å². The molecular weight excluding hydrogens is 432 g/mol. The van der Waals surface area contributed by atoms with Gasteiger partial charge in [-0.15, -0.1) is 0 Å². The van der Waals surface area contributed by atoms with E-state index < -0.39 is 10.0 Å². The molecule has 0 saturated heterocycles. The Hall–Kier alpha value is -2.90. The summed E-state index contributed by atoms with van der Waals surface area (Å²) in [6, 6.07) is 11.9. The maximum atomic E-state index is 13.0. The molecule has 1 aliphatic rings. The monoisotopic (exact) mass is 452 g/mol. The number of sulfonamides is 1. The van der Waals surface area contributed by atoms with Crippen molar-refractivity contribution in [1.29, 1.82) is 0 Å². The number of rotatable bonds is 6. The van der Waals surface area contributed by atoms with Crippen LogP contribution in [-0.4, -0.2) is 23.0 Å². The summed E-state index contributed by atoms with van der Waals surface area (Å²) in [5.41, 5.74) is 4.13. The summed E-state index contributed by atoms with van der Waals surface area (Å²) in [5, 5.41) is 1.11. The zero-order chi connectivity index (χ0) is 21.6. The lowest BCUT2D eigenvalue weighted by atomic mass is 10.0. The lowest BCUT2D eigenvalue weighted by molar-refractivity contribution is 0.601. The maximum absolute atomic E-state index is 13.0. The first kappa shape index (κ1) is 20.0. The van der Waals surface area contributed by atoms with Crippen LogP contribution in [0.5, 0.6) is 0 Å².